The van der Waals surface area contributed by atoms with Gasteiger partial charge in [-0.1, -0.05) is 65.7 Å². The molecule has 0 fully saturated rings. The third kappa shape index (κ3) is 5.66. The standard InChI is InChI=1S/C22H21Cl2N5O2S/c1-26-28-22(27-25)17-8-6-16(7-9-17)14-29(15-18-4-2-3-5-21(18)24)32(30,31)20-12-10-19(23)11-13-20/h2-13H,1,14-15,25H2,(H,27,28). The molecule has 0 spiro atoms. The highest BCUT2D eigenvalue weighted by atomic mass is 35.5. The van der Waals surface area contributed by atoms with Crippen molar-refractivity contribution in [2.75, 3.05) is 0 Å². The van der Waals surface area contributed by atoms with Crippen molar-refractivity contribution in [1.82, 2.24) is 9.73 Å². The Labute approximate surface area is 197 Å². The molecule has 0 radical (unpaired) electrons. The molecular formula is C22H21Cl2N5O2S. The Bertz CT molecular complexity index is 1210. The number of amidine groups is 1. The first-order valence-electron chi connectivity index (χ1n) is 9.43. The highest BCUT2D eigenvalue weighted by Crippen LogP contribution is 2.25. The SMILES string of the molecule is C=NN/C(=N\N)c1ccc(CN(Cc2ccccc2Cl)S(=O)(=O)c2ccc(Cl)cc2)cc1. The number of hydrogen-bond acceptors (Lipinski definition) is 5. The summed E-state index contributed by atoms with van der Waals surface area (Å²) in [5.74, 6) is 5.71. The topological polar surface area (TPSA) is 100 Å². The molecule has 0 bridgehead atoms. The van der Waals surface area contributed by atoms with Crippen LogP contribution in [0.4, 0.5) is 0 Å². The van der Waals surface area contributed by atoms with Gasteiger partial charge in [-0.05, 0) is 41.5 Å². The van der Waals surface area contributed by atoms with Crippen LogP contribution in [0.15, 0.2) is 87.9 Å². The summed E-state index contributed by atoms with van der Waals surface area (Å²) in [5.41, 5.74) is 4.75. The minimum atomic E-state index is -3.83. The summed E-state index contributed by atoms with van der Waals surface area (Å²) < 4.78 is 28.3. The lowest BCUT2D eigenvalue weighted by Crippen LogP contribution is -2.30. The van der Waals surface area contributed by atoms with Gasteiger partial charge in [0.15, 0.2) is 5.84 Å². The van der Waals surface area contributed by atoms with Crippen molar-refractivity contribution in [3.05, 3.63) is 99.5 Å². The summed E-state index contributed by atoms with van der Waals surface area (Å²) >= 11 is 12.2. The van der Waals surface area contributed by atoms with Gasteiger partial charge in [-0.3, -0.25) is 5.43 Å². The fourth-order valence-corrected chi connectivity index (χ4v) is 4.74. The largest absolute Gasteiger partial charge is 0.321 e. The van der Waals surface area contributed by atoms with Gasteiger partial charge in [0.25, 0.3) is 0 Å². The Balaban J connectivity index is 1.95. The van der Waals surface area contributed by atoms with Gasteiger partial charge in [-0.2, -0.15) is 14.5 Å². The molecule has 10 heteroatoms. The van der Waals surface area contributed by atoms with E-state index in [-0.39, 0.29) is 18.0 Å². The van der Waals surface area contributed by atoms with Crippen LogP contribution >= 0.6 is 23.2 Å². The van der Waals surface area contributed by atoms with Crippen molar-refractivity contribution < 1.29 is 8.42 Å². The molecule has 0 saturated heterocycles. The van der Waals surface area contributed by atoms with E-state index in [2.05, 4.69) is 22.3 Å². The molecule has 32 heavy (non-hydrogen) atoms. The summed E-state index contributed by atoms with van der Waals surface area (Å²) in [6.07, 6.45) is 0. The molecule has 0 aliphatic carbocycles. The lowest BCUT2D eigenvalue weighted by Gasteiger charge is -2.23. The van der Waals surface area contributed by atoms with E-state index in [4.69, 9.17) is 29.0 Å². The summed E-state index contributed by atoms with van der Waals surface area (Å²) in [5, 5.41) is 8.14. The molecule has 166 valence electrons. The normalized spacial score (nSPS) is 12.0. The molecular weight excluding hydrogens is 469 g/mol. The van der Waals surface area contributed by atoms with E-state index < -0.39 is 10.0 Å². The van der Waals surface area contributed by atoms with Gasteiger partial charge in [-0.15, -0.1) is 0 Å². The van der Waals surface area contributed by atoms with Gasteiger partial charge in [-0.25, -0.2) is 8.42 Å². The zero-order chi connectivity index (χ0) is 23.1. The molecule has 3 rings (SSSR count). The van der Waals surface area contributed by atoms with Crippen molar-refractivity contribution in [3.63, 3.8) is 0 Å². The van der Waals surface area contributed by atoms with Crippen LogP contribution in [0.3, 0.4) is 0 Å². The lowest BCUT2D eigenvalue weighted by molar-refractivity contribution is 0.401. The molecule has 0 atom stereocenters. The smallest absolute Gasteiger partial charge is 0.243 e. The third-order valence-corrected chi connectivity index (χ3v) is 7.08. The first-order chi connectivity index (χ1) is 15.3. The van der Waals surface area contributed by atoms with Crippen LogP contribution in [0, 0.1) is 0 Å². The Morgan fingerprint density at radius 2 is 1.62 bits per heavy atom. The van der Waals surface area contributed by atoms with Crippen molar-refractivity contribution in [1.29, 1.82) is 0 Å². The van der Waals surface area contributed by atoms with E-state index in [9.17, 15) is 8.42 Å². The zero-order valence-corrected chi connectivity index (χ0v) is 19.3. The highest BCUT2D eigenvalue weighted by molar-refractivity contribution is 7.89. The second kappa shape index (κ2) is 10.6. The van der Waals surface area contributed by atoms with E-state index in [1.165, 1.54) is 16.4 Å². The highest BCUT2D eigenvalue weighted by Gasteiger charge is 2.25. The van der Waals surface area contributed by atoms with E-state index >= 15 is 0 Å². The second-order valence-corrected chi connectivity index (χ2v) is 9.54. The number of hydrogen-bond donors (Lipinski definition) is 2. The van der Waals surface area contributed by atoms with Gasteiger partial charge in [0.2, 0.25) is 10.0 Å². The first kappa shape index (κ1) is 23.7. The van der Waals surface area contributed by atoms with Crippen molar-refractivity contribution in [2.24, 2.45) is 16.0 Å². The fourth-order valence-electron chi connectivity index (χ4n) is 3.01. The van der Waals surface area contributed by atoms with Crippen molar-refractivity contribution >= 4 is 45.8 Å². The molecule has 0 unspecified atom stereocenters. The summed E-state index contributed by atoms with van der Waals surface area (Å²) in [4.78, 5) is 0.143. The predicted molar refractivity (Wildman–Crippen MR) is 129 cm³/mol. The van der Waals surface area contributed by atoms with Crippen molar-refractivity contribution in [2.45, 2.75) is 18.0 Å². The Morgan fingerprint density at radius 3 is 2.22 bits per heavy atom. The Hall–Kier alpha value is -2.91. The van der Waals surface area contributed by atoms with Crippen LogP contribution in [-0.4, -0.2) is 25.3 Å². The Morgan fingerprint density at radius 1 is 0.969 bits per heavy atom. The lowest BCUT2D eigenvalue weighted by atomic mass is 10.1. The average Bonchev–Trinajstić information content (AvgIpc) is 2.79. The van der Waals surface area contributed by atoms with Crippen molar-refractivity contribution in [3.8, 4) is 0 Å². The summed E-state index contributed by atoms with van der Waals surface area (Å²) in [7, 11) is -3.83. The fraction of sp³-hybridized carbons (Fsp3) is 0.0909. The molecule has 3 aromatic rings. The number of sulfonamides is 1. The van der Waals surface area contributed by atoms with Crippen LogP contribution in [0.5, 0.6) is 0 Å². The maximum Gasteiger partial charge on any atom is 0.243 e. The predicted octanol–water partition coefficient (Wildman–Crippen LogP) is 4.21. The molecule has 0 heterocycles. The monoisotopic (exact) mass is 489 g/mol. The minimum Gasteiger partial charge on any atom is -0.321 e. The van der Waals surface area contributed by atoms with Crippen LogP contribution in [0.25, 0.3) is 0 Å². The molecule has 3 aromatic carbocycles. The Kier molecular flexibility index (Phi) is 7.87. The number of hydrazone groups is 2. The molecule has 0 aromatic heterocycles. The molecule has 0 aliphatic rings. The summed E-state index contributed by atoms with van der Waals surface area (Å²) in [6.45, 7) is 3.57. The maximum absolute atomic E-state index is 13.4. The van der Waals surface area contributed by atoms with Crippen LogP contribution in [0.2, 0.25) is 10.0 Å². The zero-order valence-electron chi connectivity index (χ0n) is 16.9. The minimum absolute atomic E-state index is 0.101. The number of nitrogens with two attached hydrogens (primary N) is 1. The molecule has 0 amide bonds. The molecule has 0 saturated carbocycles. The molecule has 0 aliphatic heterocycles. The third-order valence-electron chi connectivity index (χ3n) is 4.66. The van der Waals surface area contributed by atoms with Gasteiger partial charge >= 0.3 is 0 Å². The second-order valence-electron chi connectivity index (χ2n) is 6.76. The average molecular weight is 490 g/mol. The molecule has 7 nitrogen and oxygen atoms in total. The molecule has 3 N–H and O–H groups in total. The quantitative estimate of drug-likeness (QED) is 0.214. The van der Waals surface area contributed by atoms with Gasteiger partial charge < -0.3 is 5.84 Å². The summed E-state index contributed by atoms with van der Waals surface area (Å²) in [6, 6.07) is 20.3. The number of halogens is 2. The number of rotatable bonds is 8. The van der Waals surface area contributed by atoms with Gasteiger partial charge in [0.05, 0.1) is 4.90 Å². The van der Waals surface area contributed by atoms with Crippen LogP contribution in [0.1, 0.15) is 16.7 Å². The van der Waals surface area contributed by atoms with E-state index in [1.807, 2.05) is 6.07 Å². The number of benzene rings is 3. The van der Waals surface area contributed by atoms with Crippen LogP contribution < -0.4 is 11.3 Å². The maximum atomic E-state index is 13.4. The van der Waals surface area contributed by atoms with E-state index in [1.54, 1.807) is 54.6 Å². The van der Waals surface area contributed by atoms with Gasteiger partial charge in [0.1, 0.15) is 0 Å². The van der Waals surface area contributed by atoms with E-state index in [0.717, 1.165) is 5.56 Å². The van der Waals surface area contributed by atoms with Crippen LogP contribution in [-0.2, 0) is 23.1 Å². The number of nitrogens with zero attached hydrogens (tertiary/aromatic N) is 3. The number of nitrogens with one attached hydrogen (secondary N) is 1. The first-order valence-corrected chi connectivity index (χ1v) is 11.6. The van der Waals surface area contributed by atoms with E-state index in [0.29, 0.717) is 27.0 Å². The van der Waals surface area contributed by atoms with Gasteiger partial charge in [0, 0.05) is 35.4 Å².